The fraction of sp³-hybridized carbons (Fsp3) is 0.364. The van der Waals surface area contributed by atoms with E-state index in [2.05, 4.69) is 31.0 Å². The minimum absolute atomic E-state index is 0.0299. The van der Waals surface area contributed by atoms with Gasteiger partial charge in [0, 0.05) is 17.8 Å². The van der Waals surface area contributed by atoms with Crippen LogP contribution in [0.15, 0.2) is 41.6 Å². The zero-order valence-corrected chi connectivity index (χ0v) is 17.1. The van der Waals surface area contributed by atoms with Gasteiger partial charge in [0.1, 0.15) is 16.8 Å². The van der Waals surface area contributed by atoms with Gasteiger partial charge in [0.25, 0.3) is 0 Å². The molecule has 27 heavy (non-hydrogen) atoms. The lowest BCUT2D eigenvalue weighted by Crippen LogP contribution is -2.16. The van der Waals surface area contributed by atoms with Crippen LogP contribution in [0.2, 0.25) is 0 Å². The SMILES string of the molecule is C/C=C1\C(=C(/C)c2cnc(-c3ccc(OC(C)C)c(C#N)c3)s2)CC[C@@H]1N. The molecule has 1 aromatic heterocycles. The Morgan fingerprint density at radius 3 is 2.89 bits per heavy atom. The summed E-state index contributed by atoms with van der Waals surface area (Å²) in [6.45, 7) is 8.10. The highest BCUT2D eigenvalue weighted by atomic mass is 32.1. The minimum Gasteiger partial charge on any atom is -0.490 e. The molecule has 0 radical (unpaired) electrons. The van der Waals surface area contributed by atoms with Gasteiger partial charge in [-0.25, -0.2) is 4.98 Å². The van der Waals surface area contributed by atoms with Crippen molar-refractivity contribution >= 4 is 16.9 Å². The Kier molecular flexibility index (Phi) is 5.79. The largest absolute Gasteiger partial charge is 0.490 e. The molecular weight excluding hydrogens is 354 g/mol. The van der Waals surface area contributed by atoms with Crippen molar-refractivity contribution in [2.75, 3.05) is 0 Å². The number of nitrogens with two attached hydrogens (primary N) is 1. The number of aromatic nitrogens is 1. The molecular formula is C22H25N3OS. The summed E-state index contributed by atoms with van der Waals surface area (Å²) in [7, 11) is 0. The van der Waals surface area contributed by atoms with E-state index < -0.39 is 0 Å². The smallest absolute Gasteiger partial charge is 0.137 e. The Morgan fingerprint density at radius 1 is 1.44 bits per heavy atom. The molecule has 1 heterocycles. The summed E-state index contributed by atoms with van der Waals surface area (Å²) in [5.41, 5.74) is 11.5. The first kappa shape index (κ1) is 19.3. The van der Waals surface area contributed by atoms with Crippen LogP contribution < -0.4 is 10.5 Å². The molecule has 1 saturated carbocycles. The van der Waals surface area contributed by atoms with Crippen LogP contribution in [0.4, 0.5) is 0 Å². The molecule has 2 aromatic rings. The topological polar surface area (TPSA) is 71.9 Å². The number of ether oxygens (including phenoxy) is 1. The predicted molar refractivity (Wildman–Crippen MR) is 112 cm³/mol. The highest BCUT2D eigenvalue weighted by molar-refractivity contribution is 7.16. The van der Waals surface area contributed by atoms with Crippen molar-refractivity contribution in [1.29, 1.82) is 5.26 Å². The van der Waals surface area contributed by atoms with Gasteiger partial charge in [-0.2, -0.15) is 5.26 Å². The summed E-state index contributed by atoms with van der Waals surface area (Å²) in [4.78, 5) is 5.75. The molecule has 1 aromatic carbocycles. The number of nitriles is 1. The lowest BCUT2D eigenvalue weighted by molar-refractivity contribution is 0.242. The fourth-order valence-corrected chi connectivity index (χ4v) is 4.39. The van der Waals surface area contributed by atoms with Gasteiger partial charge >= 0.3 is 0 Å². The molecule has 140 valence electrons. The molecule has 3 rings (SSSR count). The van der Waals surface area contributed by atoms with E-state index in [-0.39, 0.29) is 12.1 Å². The number of hydrogen-bond donors (Lipinski definition) is 1. The van der Waals surface area contributed by atoms with E-state index in [4.69, 9.17) is 10.5 Å². The van der Waals surface area contributed by atoms with Gasteiger partial charge in [-0.1, -0.05) is 6.08 Å². The first-order chi connectivity index (χ1) is 12.9. The molecule has 1 aliphatic rings. The number of rotatable bonds is 4. The molecule has 0 unspecified atom stereocenters. The van der Waals surface area contributed by atoms with Gasteiger partial charge < -0.3 is 10.5 Å². The molecule has 2 N–H and O–H groups in total. The van der Waals surface area contributed by atoms with Crippen LogP contribution in [0, 0.1) is 11.3 Å². The second kappa shape index (κ2) is 8.08. The summed E-state index contributed by atoms with van der Waals surface area (Å²) >= 11 is 1.65. The van der Waals surface area contributed by atoms with E-state index >= 15 is 0 Å². The van der Waals surface area contributed by atoms with E-state index in [1.54, 1.807) is 11.3 Å². The third kappa shape index (κ3) is 3.97. The molecule has 1 aliphatic carbocycles. The molecule has 0 saturated heterocycles. The second-order valence-electron chi connectivity index (χ2n) is 7.01. The van der Waals surface area contributed by atoms with Crippen LogP contribution in [-0.2, 0) is 0 Å². The van der Waals surface area contributed by atoms with Crippen LogP contribution in [0.3, 0.4) is 0 Å². The van der Waals surface area contributed by atoms with Crippen LogP contribution in [-0.4, -0.2) is 17.1 Å². The van der Waals surface area contributed by atoms with Crippen molar-refractivity contribution in [3.05, 3.63) is 52.1 Å². The summed E-state index contributed by atoms with van der Waals surface area (Å²) in [6, 6.07) is 8.04. The average Bonchev–Trinajstić information content (AvgIpc) is 3.27. The van der Waals surface area contributed by atoms with E-state index in [1.807, 2.05) is 38.2 Å². The lowest BCUT2D eigenvalue weighted by Gasteiger charge is -2.11. The van der Waals surface area contributed by atoms with Crippen molar-refractivity contribution in [2.24, 2.45) is 5.73 Å². The van der Waals surface area contributed by atoms with Crippen molar-refractivity contribution in [3.63, 3.8) is 0 Å². The molecule has 1 fully saturated rings. The molecule has 0 aliphatic heterocycles. The first-order valence-electron chi connectivity index (χ1n) is 9.23. The molecule has 4 nitrogen and oxygen atoms in total. The van der Waals surface area contributed by atoms with Gasteiger partial charge in [-0.3, -0.25) is 0 Å². The van der Waals surface area contributed by atoms with Gasteiger partial charge in [-0.05, 0) is 75.5 Å². The molecule has 0 amide bonds. The Balaban J connectivity index is 1.94. The lowest BCUT2D eigenvalue weighted by atomic mass is 10.0. The maximum atomic E-state index is 9.45. The average molecular weight is 380 g/mol. The third-order valence-corrected chi connectivity index (χ3v) is 5.97. The Bertz CT molecular complexity index is 947. The molecule has 0 bridgehead atoms. The van der Waals surface area contributed by atoms with E-state index in [9.17, 15) is 5.26 Å². The Morgan fingerprint density at radius 2 is 2.22 bits per heavy atom. The van der Waals surface area contributed by atoms with E-state index in [1.165, 1.54) is 16.7 Å². The van der Waals surface area contributed by atoms with Crippen molar-refractivity contribution in [1.82, 2.24) is 4.98 Å². The molecule has 5 heteroatoms. The van der Waals surface area contributed by atoms with E-state index in [0.29, 0.717) is 11.3 Å². The zero-order chi connectivity index (χ0) is 19.6. The summed E-state index contributed by atoms with van der Waals surface area (Å²) in [5.74, 6) is 0.615. The standard InChI is InChI=1S/C22H25N3OS/c1-5-17-18(7-8-19(17)24)14(4)21-12-25-22(27-21)15-6-9-20(26-13(2)3)16(10-15)11-23/h5-6,9-10,12-13,19H,7-8,24H2,1-4H3/b17-5+,18-14+/t19-/m0/s1. The number of thiazole rings is 1. The van der Waals surface area contributed by atoms with Gasteiger partial charge in [-0.15, -0.1) is 11.3 Å². The van der Waals surface area contributed by atoms with Crippen molar-refractivity contribution < 1.29 is 4.74 Å². The summed E-state index contributed by atoms with van der Waals surface area (Å²) in [6.07, 6.45) is 6.10. The summed E-state index contributed by atoms with van der Waals surface area (Å²) in [5, 5.41) is 10.4. The Labute approximate surface area is 165 Å². The van der Waals surface area contributed by atoms with Crippen LogP contribution in [0.25, 0.3) is 16.1 Å². The molecule has 1 atom stereocenters. The maximum Gasteiger partial charge on any atom is 0.137 e. The number of hydrogen-bond acceptors (Lipinski definition) is 5. The number of nitrogens with zero attached hydrogens (tertiary/aromatic N) is 2. The monoisotopic (exact) mass is 379 g/mol. The second-order valence-corrected chi connectivity index (χ2v) is 8.04. The number of benzene rings is 1. The Hall–Kier alpha value is -2.42. The fourth-order valence-electron chi connectivity index (χ4n) is 3.45. The highest BCUT2D eigenvalue weighted by Gasteiger charge is 2.24. The summed E-state index contributed by atoms with van der Waals surface area (Å²) < 4.78 is 5.71. The third-order valence-electron chi connectivity index (χ3n) is 4.80. The van der Waals surface area contributed by atoms with Gasteiger partial charge in [0.15, 0.2) is 0 Å². The van der Waals surface area contributed by atoms with Crippen molar-refractivity contribution in [3.8, 4) is 22.4 Å². The molecule has 0 spiro atoms. The first-order valence-corrected chi connectivity index (χ1v) is 10.1. The number of allylic oxidation sites excluding steroid dienone is 2. The normalized spacial score (nSPS) is 20.2. The van der Waals surface area contributed by atoms with Crippen LogP contribution in [0.5, 0.6) is 5.75 Å². The quantitative estimate of drug-likeness (QED) is 0.781. The van der Waals surface area contributed by atoms with Gasteiger partial charge in [0.2, 0.25) is 0 Å². The highest BCUT2D eigenvalue weighted by Crippen LogP contribution is 2.39. The van der Waals surface area contributed by atoms with Crippen molar-refractivity contribution in [2.45, 2.75) is 52.7 Å². The van der Waals surface area contributed by atoms with Crippen LogP contribution >= 0.6 is 11.3 Å². The van der Waals surface area contributed by atoms with Crippen LogP contribution in [0.1, 0.15) is 51.0 Å². The minimum atomic E-state index is 0.0299. The predicted octanol–water partition coefficient (Wildman–Crippen LogP) is 5.31. The van der Waals surface area contributed by atoms with E-state index in [0.717, 1.165) is 28.3 Å². The van der Waals surface area contributed by atoms with Gasteiger partial charge in [0.05, 0.1) is 16.5 Å². The maximum absolute atomic E-state index is 9.45. The zero-order valence-electron chi connectivity index (χ0n) is 16.2.